The summed E-state index contributed by atoms with van der Waals surface area (Å²) in [4.78, 5) is 11.8. The Bertz CT molecular complexity index is 439. The Balaban J connectivity index is 2.53. The molecule has 0 aliphatic heterocycles. The van der Waals surface area contributed by atoms with E-state index in [0.717, 1.165) is 5.56 Å². The fourth-order valence-electron chi connectivity index (χ4n) is 1.70. The van der Waals surface area contributed by atoms with Gasteiger partial charge in [0.05, 0.1) is 32.6 Å². The Morgan fingerprint density at radius 2 is 1.95 bits per heavy atom. The van der Waals surface area contributed by atoms with E-state index in [1.165, 1.54) is 0 Å². The van der Waals surface area contributed by atoms with Gasteiger partial charge in [0.25, 0.3) is 0 Å². The van der Waals surface area contributed by atoms with E-state index < -0.39 is 0 Å². The van der Waals surface area contributed by atoms with Gasteiger partial charge in [-0.05, 0) is 17.7 Å². The zero-order valence-corrected chi connectivity index (χ0v) is 12.7. The van der Waals surface area contributed by atoms with E-state index in [2.05, 4.69) is 5.32 Å². The average molecular weight is 302 g/mol. The number of hydrogen-bond donors (Lipinski definition) is 1. The molecule has 0 aliphatic carbocycles. The Morgan fingerprint density at radius 3 is 2.55 bits per heavy atom. The number of carbonyl (C=O) groups is 1. The summed E-state index contributed by atoms with van der Waals surface area (Å²) >= 11 is 5.94. The zero-order valence-electron chi connectivity index (χ0n) is 11.9. The summed E-state index contributed by atoms with van der Waals surface area (Å²) in [5.74, 6) is 1.14. The number of carbonyl (C=O) groups excluding carboxylic acids is 1. The summed E-state index contributed by atoms with van der Waals surface area (Å²) in [5, 5.41) is 2.53. The van der Waals surface area contributed by atoms with E-state index in [-0.39, 0.29) is 17.7 Å². The monoisotopic (exact) mass is 301 g/mol. The van der Waals surface area contributed by atoms with Crippen LogP contribution in [0.4, 0.5) is 0 Å². The zero-order chi connectivity index (χ0) is 15.0. The molecule has 0 heterocycles. The molecular weight excluding hydrogens is 282 g/mol. The number of alkyl halides is 1. The lowest BCUT2D eigenvalue weighted by Gasteiger charge is -2.11. The van der Waals surface area contributed by atoms with Gasteiger partial charge in [0.2, 0.25) is 5.91 Å². The largest absolute Gasteiger partial charge is 0.493 e. The summed E-state index contributed by atoms with van der Waals surface area (Å²) < 4.78 is 15.2. The van der Waals surface area contributed by atoms with Gasteiger partial charge in [0.15, 0.2) is 11.5 Å². The number of benzene rings is 1. The van der Waals surface area contributed by atoms with Crippen LogP contribution in [0.25, 0.3) is 0 Å². The van der Waals surface area contributed by atoms with E-state index >= 15 is 0 Å². The Morgan fingerprint density at radius 1 is 1.25 bits per heavy atom. The highest BCUT2D eigenvalue weighted by molar-refractivity contribution is 6.21. The maximum Gasteiger partial charge on any atom is 0.224 e. The van der Waals surface area contributed by atoms with Gasteiger partial charge in [-0.2, -0.15) is 0 Å². The maximum atomic E-state index is 11.8. The van der Waals surface area contributed by atoms with Crippen LogP contribution in [-0.2, 0) is 16.0 Å². The van der Waals surface area contributed by atoms with Crippen LogP contribution in [0.5, 0.6) is 11.5 Å². The number of amides is 1. The van der Waals surface area contributed by atoms with E-state index in [0.29, 0.717) is 24.7 Å². The number of hydrogen-bond acceptors (Lipinski definition) is 4. The molecule has 0 saturated heterocycles. The molecule has 0 aliphatic rings. The Hall–Kier alpha value is -1.46. The van der Waals surface area contributed by atoms with Crippen LogP contribution in [0.2, 0.25) is 0 Å². The first-order valence-corrected chi connectivity index (χ1v) is 6.65. The molecule has 20 heavy (non-hydrogen) atoms. The van der Waals surface area contributed by atoms with Gasteiger partial charge in [0.1, 0.15) is 0 Å². The van der Waals surface area contributed by atoms with E-state index in [4.69, 9.17) is 25.8 Å². The number of ether oxygens (including phenoxy) is 3. The average Bonchev–Trinajstić information content (AvgIpc) is 2.45. The molecule has 1 aromatic rings. The fourth-order valence-corrected chi connectivity index (χ4v) is 1.91. The van der Waals surface area contributed by atoms with Crippen LogP contribution in [0.3, 0.4) is 0 Å². The van der Waals surface area contributed by atoms with Crippen molar-refractivity contribution in [2.24, 2.45) is 0 Å². The minimum atomic E-state index is -0.227. The first-order chi connectivity index (χ1) is 9.60. The lowest BCUT2D eigenvalue weighted by atomic mass is 10.1. The van der Waals surface area contributed by atoms with Gasteiger partial charge in [0, 0.05) is 13.7 Å². The molecule has 0 aromatic heterocycles. The van der Waals surface area contributed by atoms with Crippen molar-refractivity contribution < 1.29 is 19.0 Å². The normalized spacial score (nSPS) is 11.8. The van der Waals surface area contributed by atoms with Gasteiger partial charge in [-0.1, -0.05) is 6.07 Å². The number of nitrogens with one attached hydrogen (secondary N) is 1. The van der Waals surface area contributed by atoms with Crippen LogP contribution >= 0.6 is 11.6 Å². The molecule has 5 nitrogen and oxygen atoms in total. The highest BCUT2D eigenvalue weighted by atomic mass is 35.5. The molecule has 6 heteroatoms. The molecule has 0 spiro atoms. The highest BCUT2D eigenvalue weighted by Gasteiger charge is 2.10. The first-order valence-electron chi connectivity index (χ1n) is 6.21. The summed E-state index contributed by atoms with van der Waals surface area (Å²) in [6.07, 6.45) is 0.261. The van der Waals surface area contributed by atoms with Gasteiger partial charge in [-0.25, -0.2) is 0 Å². The van der Waals surface area contributed by atoms with Crippen molar-refractivity contribution in [3.8, 4) is 11.5 Å². The van der Waals surface area contributed by atoms with Crippen molar-refractivity contribution in [3.63, 3.8) is 0 Å². The third-order valence-corrected chi connectivity index (χ3v) is 2.96. The van der Waals surface area contributed by atoms with Crippen molar-refractivity contribution in [1.29, 1.82) is 0 Å². The molecule has 1 N–H and O–H groups in total. The molecule has 1 atom stereocenters. The second-order valence-electron chi connectivity index (χ2n) is 4.22. The molecular formula is C14H20ClNO4. The second-order valence-corrected chi connectivity index (χ2v) is 4.84. The van der Waals surface area contributed by atoms with Crippen LogP contribution < -0.4 is 14.8 Å². The maximum absolute atomic E-state index is 11.8. The summed E-state index contributed by atoms with van der Waals surface area (Å²) in [6.45, 7) is 0.777. The lowest BCUT2D eigenvalue weighted by Crippen LogP contribution is -2.32. The molecule has 0 fully saturated rings. The van der Waals surface area contributed by atoms with Crippen LogP contribution in [0.15, 0.2) is 18.2 Å². The molecule has 1 amide bonds. The predicted octanol–water partition coefficient (Wildman–Crippen LogP) is 1.62. The van der Waals surface area contributed by atoms with Crippen molar-refractivity contribution in [3.05, 3.63) is 23.8 Å². The SMILES string of the molecule is COCC(Cl)CNC(=O)Cc1ccc(OC)c(OC)c1. The van der Waals surface area contributed by atoms with E-state index in [1.54, 1.807) is 33.5 Å². The molecule has 0 saturated carbocycles. The quantitative estimate of drug-likeness (QED) is 0.741. The van der Waals surface area contributed by atoms with Gasteiger partial charge >= 0.3 is 0 Å². The van der Waals surface area contributed by atoms with Crippen molar-refractivity contribution in [2.75, 3.05) is 34.5 Å². The Kier molecular flexibility index (Phi) is 7.18. The van der Waals surface area contributed by atoms with Crippen molar-refractivity contribution >= 4 is 17.5 Å². The molecule has 1 aromatic carbocycles. The lowest BCUT2D eigenvalue weighted by molar-refractivity contribution is -0.120. The second kappa shape index (κ2) is 8.66. The summed E-state index contributed by atoms with van der Waals surface area (Å²) in [5.41, 5.74) is 0.845. The predicted molar refractivity (Wildman–Crippen MR) is 77.8 cm³/mol. The molecule has 1 unspecified atom stereocenters. The smallest absolute Gasteiger partial charge is 0.224 e. The van der Waals surface area contributed by atoms with Crippen molar-refractivity contribution in [2.45, 2.75) is 11.8 Å². The fraction of sp³-hybridized carbons (Fsp3) is 0.500. The summed E-state index contributed by atoms with van der Waals surface area (Å²) in [7, 11) is 4.70. The van der Waals surface area contributed by atoms with Gasteiger partial charge in [-0.3, -0.25) is 4.79 Å². The Labute approximate surface area is 124 Å². The minimum absolute atomic E-state index is 0.0982. The van der Waals surface area contributed by atoms with Gasteiger partial charge < -0.3 is 19.5 Å². The minimum Gasteiger partial charge on any atom is -0.493 e. The van der Waals surface area contributed by atoms with Crippen LogP contribution in [-0.4, -0.2) is 45.8 Å². The standard InChI is InChI=1S/C14H20ClNO4/c1-18-9-11(15)8-16-14(17)7-10-4-5-12(19-2)13(6-10)20-3/h4-6,11H,7-9H2,1-3H3,(H,16,17). The molecule has 1 rings (SSSR count). The third kappa shape index (κ3) is 5.27. The molecule has 0 bridgehead atoms. The van der Waals surface area contributed by atoms with Crippen LogP contribution in [0.1, 0.15) is 5.56 Å². The number of methoxy groups -OCH3 is 3. The third-order valence-electron chi connectivity index (χ3n) is 2.68. The van der Waals surface area contributed by atoms with Gasteiger partial charge in [-0.15, -0.1) is 11.6 Å². The highest BCUT2D eigenvalue weighted by Crippen LogP contribution is 2.27. The first kappa shape index (κ1) is 16.6. The van der Waals surface area contributed by atoms with Crippen molar-refractivity contribution in [1.82, 2.24) is 5.32 Å². The van der Waals surface area contributed by atoms with Crippen LogP contribution in [0, 0.1) is 0 Å². The van der Waals surface area contributed by atoms with E-state index in [9.17, 15) is 4.79 Å². The number of rotatable bonds is 8. The molecule has 0 radical (unpaired) electrons. The summed E-state index contributed by atoms with van der Waals surface area (Å²) in [6, 6.07) is 5.39. The number of halogens is 1. The topological polar surface area (TPSA) is 56.8 Å². The van der Waals surface area contributed by atoms with E-state index in [1.807, 2.05) is 6.07 Å². The molecule has 112 valence electrons.